The molecule has 16 heteroatoms. The summed E-state index contributed by atoms with van der Waals surface area (Å²) < 4.78 is 0. The van der Waals surface area contributed by atoms with Gasteiger partial charge in [-0.2, -0.15) is 0 Å². The zero-order chi connectivity index (χ0) is 73.7. The number of anilines is 1. The summed E-state index contributed by atoms with van der Waals surface area (Å²) in [6.07, 6.45) is 21.1. The van der Waals surface area contributed by atoms with Crippen molar-refractivity contribution in [2.24, 2.45) is 23.7 Å². The maximum absolute atomic E-state index is 9.15. The normalized spacial score (nSPS) is 13.1. The summed E-state index contributed by atoms with van der Waals surface area (Å²) in [7, 11) is 3.85. The summed E-state index contributed by atoms with van der Waals surface area (Å²) in [6.45, 7) is 57.9. The molecule has 8 N–H and O–H groups in total. The van der Waals surface area contributed by atoms with Crippen molar-refractivity contribution in [1.82, 2.24) is 29.4 Å². The maximum Gasteiger partial charge on any atom is 2.00 e. The van der Waals surface area contributed by atoms with Gasteiger partial charge < -0.3 is 84.6 Å². The van der Waals surface area contributed by atoms with Crippen LogP contribution in [0.5, 0.6) is 0 Å². The Hall–Kier alpha value is -3.13. The average Bonchev–Trinajstić information content (AvgIpc) is 1.98. The molecule has 0 unspecified atom stereocenters. The maximum atomic E-state index is 9.15. The number of rotatable bonds is 28. The van der Waals surface area contributed by atoms with Gasteiger partial charge in [0.05, 0.1) is 46.2 Å². The first-order valence-electron chi connectivity index (χ1n) is 37.2. The molecule has 0 spiro atoms. The third-order valence-electron chi connectivity index (χ3n) is 15.0. The van der Waals surface area contributed by atoms with E-state index >= 15 is 0 Å². The summed E-state index contributed by atoms with van der Waals surface area (Å²) in [6, 6.07) is 30.9. The number of nitrogens with zero attached hydrogens (tertiary/aromatic N) is 7. The number of aliphatic hydroxyl groups excluding tert-OH is 8. The Morgan fingerprint density at radius 1 is 0.449 bits per heavy atom. The third kappa shape index (κ3) is 89.0. The van der Waals surface area contributed by atoms with Crippen LogP contribution in [0.15, 0.2) is 116 Å². The Kier molecular flexibility index (Phi) is 102. The van der Waals surface area contributed by atoms with Crippen molar-refractivity contribution in [3.63, 3.8) is 0 Å². The molecule has 582 valence electrons. The molecule has 3 aromatic carbocycles. The number of β-amino-alcohol motifs (C(OH)–C–C–N with tert-alkyl or cyclic N) is 3. The van der Waals surface area contributed by atoms with Gasteiger partial charge in [0.15, 0.2) is 0 Å². The van der Waals surface area contributed by atoms with Crippen LogP contribution in [0, 0.1) is 38.0 Å². The first-order chi connectivity index (χ1) is 46.2. The van der Waals surface area contributed by atoms with E-state index in [0.29, 0.717) is 38.8 Å². The smallest absolute Gasteiger partial charge is 0.428 e. The molecule has 0 bridgehead atoms. The zero-order valence-electron chi connectivity index (χ0n) is 66.3. The molecule has 3 fully saturated rings. The first-order valence-corrected chi connectivity index (χ1v) is 37.2. The van der Waals surface area contributed by atoms with Crippen LogP contribution in [0.1, 0.15) is 185 Å². The molecule has 98 heavy (non-hydrogen) atoms. The molecule has 3 saturated heterocycles. The van der Waals surface area contributed by atoms with Gasteiger partial charge in [-0.25, -0.2) is 0 Å². The van der Waals surface area contributed by atoms with E-state index in [-0.39, 0.29) is 57.0 Å². The quantitative estimate of drug-likeness (QED) is 0.0195. The monoisotopic (exact) mass is 1430 g/mol. The second-order valence-corrected chi connectivity index (χ2v) is 25.8. The summed E-state index contributed by atoms with van der Waals surface area (Å²) >= 11 is 0. The predicted octanol–water partition coefficient (Wildman–Crippen LogP) is 14.2. The number of para-hydroxylation sites is 1. The van der Waals surface area contributed by atoms with Gasteiger partial charge in [-0.3, -0.25) is 4.90 Å². The molecule has 0 aromatic heterocycles. The Morgan fingerprint density at radius 2 is 0.765 bits per heavy atom. The number of likely N-dealkylation sites (tertiary alicyclic amines) is 3. The van der Waals surface area contributed by atoms with E-state index in [9.17, 15) is 0 Å². The van der Waals surface area contributed by atoms with Crippen LogP contribution in [0.2, 0.25) is 0 Å². The molecule has 0 aliphatic carbocycles. The van der Waals surface area contributed by atoms with E-state index in [0.717, 1.165) is 89.6 Å². The standard InChI is InChI=1S/C16H19NO.C10H15NO.C8H17NO.C7H15NO.C6H13NO.C6H15NO.C6H14.C6H12.C5H12.C5H10.C4H11NO.C2H5O.CH3.Ni/c18-12-11-17(13-15-7-3-1-4-8-15)14-16-9-5-2-6-10-16;1-2-11(8-9-12)10-6-4-3-5-7-10;10-8-7-9-5-3-1-2-4-6-9;9-7-6-8-4-2-1-3-5-8;8-6-5-7-3-1-2-4-7;1-3-7(4-2)5-6-8;2*1-4-5-6(2)3;2*1-4-5(2)3;1-5(2)3-4-6;1-2-3;;/h1-10,18H,11-14H2;3-7,12H,2,8-9H2,1H3;10H,1-8H2;9H,1-7H2;8H,1-6H2;8H,3-6H2,1-2H3;6H,4-5H2,1-3H3;4,6H,1,5H2,2-3H3;5H,4H2,1-3H3;4-5H,1H2,2-3H3;6H,3-4H2,1-2H3;3H,1-2H2;1H3;/q;;;;;;;;;;;2*-1;+2. The van der Waals surface area contributed by atoms with E-state index in [1.165, 1.54) is 133 Å². The average molecular weight is 1430 g/mol. The first kappa shape index (κ1) is 111. The molecule has 0 atom stereocenters. The topological polar surface area (TPSA) is 185 Å². The van der Waals surface area contributed by atoms with Gasteiger partial charge in [0.2, 0.25) is 0 Å². The Bertz CT molecular complexity index is 1800. The molecule has 6 rings (SSSR count). The summed E-state index contributed by atoms with van der Waals surface area (Å²) in [5.74, 6) is 3.21. The van der Waals surface area contributed by atoms with Crippen LogP contribution >= 0.6 is 0 Å². The molecular weight excluding hydrogens is 1270 g/mol. The van der Waals surface area contributed by atoms with Gasteiger partial charge in [-0.1, -0.05) is 219 Å². The number of aliphatic hydroxyl groups is 8. The predicted molar refractivity (Wildman–Crippen MR) is 427 cm³/mol. The van der Waals surface area contributed by atoms with E-state index in [4.69, 9.17) is 40.9 Å². The minimum absolute atomic E-state index is 0. The van der Waals surface area contributed by atoms with E-state index < -0.39 is 0 Å². The Labute approximate surface area is 617 Å². The molecule has 3 aliphatic heterocycles. The third-order valence-corrected chi connectivity index (χ3v) is 15.0. The van der Waals surface area contributed by atoms with Crippen LogP contribution in [0.4, 0.5) is 5.69 Å². The van der Waals surface area contributed by atoms with E-state index in [1.54, 1.807) is 0 Å². The molecular formula is C82H161N7NiO8. The Balaban J connectivity index is -0.000000154. The van der Waals surface area contributed by atoms with Crippen molar-refractivity contribution in [3.05, 3.63) is 142 Å². The van der Waals surface area contributed by atoms with Gasteiger partial charge >= 0.3 is 16.5 Å². The van der Waals surface area contributed by atoms with E-state index in [1.807, 2.05) is 61.5 Å². The largest absolute Gasteiger partial charge is 2.00 e. The van der Waals surface area contributed by atoms with E-state index in [2.05, 4.69) is 200 Å². The molecule has 3 heterocycles. The van der Waals surface area contributed by atoms with Crippen LogP contribution in [-0.4, -0.2) is 242 Å². The van der Waals surface area contributed by atoms with Crippen molar-refractivity contribution in [1.29, 1.82) is 0 Å². The number of allylic oxidation sites excluding steroid dienone is 2. The van der Waals surface area contributed by atoms with Crippen molar-refractivity contribution >= 4 is 5.69 Å². The fourth-order valence-corrected chi connectivity index (χ4v) is 9.03. The molecule has 0 amide bonds. The minimum Gasteiger partial charge on any atom is -0.428 e. The fraction of sp³-hybridized carbons (Fsp3) is 0.707. The number of hydrogen-bond acceptors (Lipinski definition) is 15. The van der Waals surface area contributed by atoms with Gasteiger partial charge in [-0.15, -0.1) is 13.2 Å². The van der Waals surface area contributed by atoms with Crippen molar-refractivity contribution in [2.75, 3.05) is 177 Å². The summed E-state index contributed by atoms with van der Waals surface area (Å²) in [5, 5.41) is 67.8. The number of benzene rings is 3. The molecule has 0 saturated carbocycles. The number of piperidine rings is 1. The van der Waals surface area contributed by atoms with Crippen molar-refractivity contribution in [3.8, 4) is 0 Å². The van der Waals surface area contributed by atoms with Gasteiger partial charge in [-0.05, 0) is 165 Å². The van der Waals surface area contributed by atoms with Gasteiger partial charge in [0.25, 0.3) is 0 Å². The zero-order valence-corrected chi connectivity index (χ0v) is 67.3. The Morgan fingerprint density at radius 3 is 0.969 bits per heavy atom. The van der Waals surface area contributed by atoms with Crippen molar-refractivity contribution < 1.29 is 57.3 Å². The summed E-state index contributed by atoms with van der Waals surface area (Å²) in [5.41, 5.74) is 3.73. The second-order valence-electron chi connectivity index (χ2n) is 25.8. The van der Waals surface area contributed by atoms with Crippen LogP contribution in [0.3, 0.4) is 0 Å². The van der Waals surface area contributed by atoms with Crippen LogP contribution in [-0.2, 0) is 29.6 Å². The molecule has 0 radical (unpaired) electrons. The SMILES string of the molecule is C=CC(C)C.C=CCC(C)C.CCC(C)C.CCCC(C)C.CCN(CC)CCO.CCN(CCO)c1ccccc1.CN(C)CCO.OCCN(Cc1ccccc1)Cc1ccccc1.OCCN1CCCC1.OCCN1CCCCC1.OCCN1CCCCCC1.[CH2-]CO.[CH3-].[Ni+2]. The summed E-state index contributed by atoms with van der Waals surface area (Å²) in [4.78, 5) is 15.5. The van der Waals surface area contributed by atoms with Crippen LogP contribution < -0.4 is 4.90 Å². The molecule has 3 aromatic rings. The van der Waals surface area contributed by atoms with Crippen molar-refractivity contribution in [2.45, 2.75) is 187 Å². The van der Waals surface area contributed by atoms with Crippen LogP contribution in [0.25, 0.3) is 0 Å². The minimum atomic E-state index is 0. The fourth-order valence-electron chi connectivity index (χ4n) is 9.03. The van der Waals surface area contributed by atoms with Gasteiger partial charge in [0, 0.05) is 71.1 Å². The number of hydrogen-bond donors (Lipinski definition) is 8. The second kappa shape index (κ2) is 90.0. The molecule has 15 nitrogen and oxygen atoms in total. The molecule has 3 aliphatic rings. The number of likely N-dealkylation sites (N-methyl/N-ethyl adjacent to an activating group) is 3. The van der Waals surface area contributed by atoms with Gasteiger partial charge in [0.1, 0.15) is 0 Å².